The molecule has 0 unspecified atom stereocenters. The molecular formula is C20H25N5S. The quantitative estimate of drug-likeness (QED) is 0.265. The van der Waals surface area contributed by atoms with Crippen LogP contribution in [0.3, 0.4) is 0 Å². The molecule has 0 radical (unpaired) electrons. The molecule has 0 atom stereocenters. The van der Waals surface area contributed by atoms with Gasteiger partial charge in [0.1, 0.15) is 5.01 Å². The number of thiazole rings is 1. The molecule has 0 amide bonds. The summed E-state index contributed by atoms with van der Waals surface area (Å²) in [4.78, 5) is 5.62. The molecule has 0 aliphatic rings. The molecule has 0 saturated heterocycles. The number of nitrogens with two attached hydrogens (primary N) is 2. The Morgan fingerprint density at radius 1 is 1.15 bits per heavy atom. The Hall–Kier alpha value is -2.65. The molecule has 26 heavy (non-hydrogen) atoms. The van der Waals surface area contributed by atoms with Gasteiger partial charge in [-0.2, -0.15) is 5.10 Å². The van der Waals surface area contributed by atoms with Gasteiger partial charge in [0.25, 0.3) is 0 Å². The fraction of sp³-hybridized carbons (Fsp3) is 0.350. The minimum absolute atomic E-state index is 0.0573. The van der Waals surface area contributed by atoms with E-state index in [2.05, 4.69) is 46.1 Å². The molecule has 0 fully saturated rings. The van der Waals surface area contributed by atoms with Gasteiger partial charge in [-0.25, -0.2) is 4.98 Å². The number of guanidine groups is 1. The second-order valence-electron chi connectivity index (χ2n) is 5.98. The van der Waals surface area contributed by atoms with E-state index in [0.29, 0.717) is 0 Å². The summed E-state index contributed by atoms with van der Waals surface area (Å²) in [6.07, 6.45) is 4.59. The summed E-state index contributed by atoms with van der Waals surface area (Å²) in [5, 5.41) is 8.69. The van der Waals surface area contributed by atoms with E-state index in [0.717, 1.165) is 38.8 Å². The Morgan fingerprint density at radius 3 is 2.54 bits per heavy atom. The third kappa shape index (κ3) is 5.71. The molecular weight excluding hydrogens is 342 g/mol. The fourth-order valence-electron chi connectivity index (χ4n) is 2.36. The molecule has 4 N–H and O–H groups in total. The van der Waals surface area contributed by atoms with E-state index >= 15 is 0 Å². The van der Waals surface area contributed by atoms with Gasteiger partial charge in [0.2, 0.25) is 5.96 Å². The summed E-state index contributed by atoms with van der Waals surface area (Å²) in [5.74, 6) is 6.40. The molecule has 6 heteroatoms. The second-order valence-corrected chi connectivity index (χ2v) is 6.98. The maximum atomic E-state index is 5.32. The van der Waals surface area contributed by atoms with Gasteiger partial charge >= 0.3 is 0 Å². The average Bonchev–Trinajstić information content (AvgIpc) is 3.02. The number of hydrogen-bond acceptors (Lipinski definition) is 4. The summed E-state index contributed by atoms with van der Waals surface area (Å²) in [6.45, 7) is 6.03. The summed E-state index contributed by atoms with van der Waals surface area (Å²) >= 11 is 1.58. The predicted octanol–water partition coefficient (Wildman–Crippen LogP) is 4.05. The van der Waals surface area contributed by atoms with Gasteiger partial charge in [0.05, 0.1) is 16.3 Å². The molecule has 0 aliphatic heterocycles. The number of hydrogen-bond donors (Lipinski definition) is 2. The molecule has 0 bridgehead atoms. The molecule has 0 saturated carbocycles. The lowest BCUT2D eigenvalue weighted by Crippen LogP contribution is -2.22. The highest BCUT2D eigenvalue weighted by Gasteiger charge is 2.12. The normalized spacial score (nSPS) is 11.0. The summed E-state index contributed by atoms with van der Waals surface area (Å²) in [5.41, 5.74) is 14.4. The molecule has 0 aliphatic carbocycles. The Balaban J connectivity index is 2.13. The van der Waals surface area contributed by atoms with Crippen molar-refractivity contribution in [3.63, 3.8) is 0 Å². The van der Waals surface area contributed by atoms with E-state index in [-0.39, 0.29) is 5.96 Å². The summed E-state index contributed by atoms with van der Waals surface area (Å²) < 4.78 is 0. The largest absolute Gasteiger partial charge is 0.369 e. The van der Waals surface area contributed by atoms with Crippen molar-refractivity contribution < 1.29 is 0 Å². The first-order valence-electron chi connectivity index (χ1n) is 8.71. The second kappa shape index (κ2) is 9.73. The number of rotatable bonds is 6. The van der Waals surface area contributed by atoms with E-state index in [4.69, 9.17) is 11.5 Å². The van der Waals surface area contributed by atoms with Crippen molar-refractivity contribution in [2.24, 2.45) is 21.7 Å². The van der Waals surface area contributed by atoms with Gasteiger partial charge in [-0.05, 0) is 32.4 Å². The third-order valence-electron chi connectivity index (χ3n) is 3.71. The molecule has 0 spiro atoms. The highest BCUT2D eigenvalue weighted by atomic mass is 32.1. The average molecular weight is 368 g/mol. The number of benzene rings is 1. The maximum Gasteiger partial charge on any atom is 0.211 e. The monoisotopic (exact) mass is 367 g/mol. The van der Waals surface area contributed by atoms with Crippen LogP contribution in [0, 0.1) is 18.8 Å². The lowest BCUT2D eigenvalue weighted by atomic mass is 10.1. The van der Waals surface area contributed by atoms with Crippen LogP contribution in [0.25, 0.3) is 10.6 Å². The zero-order valence-corrected chi connectivity index (χ0v) is 16.4. The van der Waals surface area contributed by atoms with Crippen LogP contribution in [-0.2, 0) is 0 Å². The van der Waals surface area contributed by atoms with Gasteiger partial charge in [0, 0.05) is 17.5 Å². The van der Waals surface area contributed by atoms with Gasteiger partial charge in [-0.15, -0.1) is 16.4 Å². The fourth-order valence-corrected chi connectivity index (χ4v) is 3.37. The van der Waals surface area contributed by atoms with Crippen molar-refractivity contribution in [3.8, 4) is 22.4 Å². The number of nitrogens with zero attached hydrogens (tertiary/aromatic N) is 3. The van der Waals surface area contributed by atoms with Crippen LogP contribution >= 0.6 is 11.3 Å². The first kappa shape index (κ1) is 19.7. The molecule has 2 aromatic rings. The Bertz CT molecular complexity index is 847. The van der Waals surface area contributed by atoms with Crippen molar-refractivity contribution in [3.05, 3.63) is 40.4 Å². The standard InChI is InChI=1S/C20H25N5S/c1-4-5-6-7-8-9-16-10-12-17(13-11-16)19-23-14(2)18(26-19)15(3)24-25-20(21)22/h10-13H,4-7H2,1-3H3,(H4,21,22,25)/b24-15+. The van der Waals surface area contributed by atoms with Crippen molar-refractivity contribution in [1.82, 2.24) is 4.98 Å². The van der Waals surface area contributed by atoms with Crippen molar-refractivity contribution in [2.45, 2.75) is 46.5 Å². The van der Waals surface area contributed by atoms with E-state index in [9.17, 15) is 0 Å². The number of aryl methyl sites for hydroxylation is 1. The van der Waals surface area contributed by atoms with E-state index in [1.807, 2.05) is 26.0 Å². The molecule has 2 rings (SSSR count). The van der Waals surface area contributed by atoms with Crippen LogP contribution in [0.15, 0.2) is 34.5 Å². The van der Waals surface area contributed by atoms with Gasteiger partial charge in [-0.1, -0.05) is 43.7 Å². The first-order valence-corrected chi connectivity index (χ1v) is 9.53. The van der Waals surface area contributed by atoms with Gasteiger partial charge < -0.3 is 11.5 Å². The lowest BCUT2D eigenvalue weighted by Gasteiger charge is -1.96. The van der Waals surface area contributed by atoms with Gasteiger partial charge in [0.15, 0.2) is 0 Å². The molecule has 136 valence electrons. The minimum atomic E-state index is -0.0573. The molecule has 1 aromatic heterocycles. The highest BCUT2D eigenvalue weighted by Crippen LogP contribution is 2.28. The van der Waals surface area contributed by atoms with Crippen LogP contribution in [0.4, 0.5) is 0 Å². The van der Waals surface area contributed by atoms with Crippen LogP contribution in [0.1, 0.15) is 55.7 Å². The van der Waals surface area contributed by atoms with Crippen LogP contribution in [-0.4, -0.2) is 16.7 Å². The third-order valence-corrected chi connectivity index (χ3v) is 5.03. The zero-order chi connectivity index (χ0) is 18.9. The Morgan fingerprint density at radius 2 is 1.88 bits per heavy atom. The van der Waals surface area contributed by atoms with E-state index in [1.165, 1.54) is 19.3 Å². The zero-order valence-electron chi connectivity index (χ0n) is 15.5. The number of unbranched alkanes of at least 4 members (excludes halogenated alkanes) is 3. The summed E-state index contributed by atoms with van der Waals surface area (Å²) in [7, 11) is 0. The van der Waals surface area contributed by atoms with Crippen molar-refractivity contribution in [1.29, 1.82) is 0 Å². The van der Waals surface area contributed by atoms with Crippen LogP contribution in [0.5, 0.6) is 0 Å². The van der Waals surface area contributed by atoms with Crippen molar-refractivity contribution >= 4 is 23.0 Å². The van der Waals surface area contributed by atoms with Crippen LogP contribution in [0.2, 0.25) is 0 Å². The Kier molecular flexibility index (Phi) is 7.37. The summed E-state index contributed by atoms with van der Waals surface area (Å²) in [6, 6.07) is 8.19. The van der Waals surface area contributed by atoms with Crippen LogP contribution < -0.4 is 11.5 Å². The van der Waals surface area contributed by atoms with Gasteiger partial charge in [-0.3, -0.25) is 0 Å². The minimum Gasteiger partial charge on any atom is -0.369 e. The smallest absolute Gasteiger partial charge is 0.211 e. The Labute approximate surface area is 159 Å². The van der Waals surface area contributed by atoms with E-state index in [1.54, 1.807) is 11.3 Å². The highest BCUT2D eigenvalue weighted by molar-refractivity contribution is 7.17. The molecule has 5 nitrogen and oxygen atoms in total. The first-order chi connectivity index (χ1) is 12.5. The SMILES string of the molecule is CCCCCC#Cc1ccc(-c2nc(C)c(/C(C)=N/N=C(N)N)s2)cc1. The topological polar surface area (TPSA) is 89.6 Å². The molecule has 1 heterocycles. The lowest BCUT2D eigenvalue weighted by molar-refractivity contribution is 0.737. The predicted molar refractivity (Wildman–Crippen MR) is 111 cm³/mol. The molecule has 1 aromatic carbocycles. The maximum absolute atomic E-state index is 5.32. The van der Waals surface area contributed by atoms with E-state index < -0.39 is 0 Å². The number of aromatic nitrogens is 1. The van der Waals surface area contributed by atoms with Crippen molar-refractivity contribution in [2.75, 3.05) is 0 Å².